The number of carboxylic acids is 1. The molecule has 498 valence electrons. The number of nitrogens with one attached hydrogen (secondary N) is 13. The van der Waals surface area contributed by atoms with Crippen LogP contribution in [0.5, 0.6) is 5.75 Å². The molecule has 1 aliphatic heterocycles. The molecule has 0 aromatic heterocycles. The van der Waals surface area contributed by atoms with Crippen LogP contribution < -0.4 is 81.0 Å². The van der Waals surface area contributed by atoms with Crippen LogP contribution in [0.15, 0.2) is 24.3 Å². The second-order valence-corrected chi connectivity index (χ2v) is 22.4. The number of aliphatic carboxylic acids is 1. The third-order valence-corrected chi connectivity index (χ3v) is 14.3. The number of nitrogens with zero attached hydrogens (tertiary/aromatic N) is 1. The Balaban J connectivity index is 2.16. The van der Waals surface area contributed by atoms with Crippen LogP contribution in [0, 0.1) is 17.2 Å². The van der Waals surface area contributed by atoms with Crippen LogP contribution in [0.1, 0.15) is 111 Å². The lowest BCUT2D eigenvalue weighted by Crippen LogP contribution is -2.58. The average Bonchev–Trinajstić information content (AvgIpc) is 3.87. The Kier molecular flexibility index (Phi) is 35.4. The molecule has 12 amide bonds. The van der Waals surface area contributed by atoms with Crippen molar-refractivity contribution in [3.63, 3.8) is 0 Å². The van der Waals surface area contributed by atoms with Gasteiger partial charge in [-0.1, -0.05) is 59.6 Å². The van der Waals surface area contributed by atoms with E-state index in [2.05, 4.69) is 76.4 Å². The number of carboxylic acid groups (broad SMARTS) is 1. The highest BCUT2D eigenvalue weighted by atomic mass is 32.1. The highest BCUT2D eigenvalue weighted by Crippen LogP contribution is 2.19. The summed E-state index contributed by atoms with van der Waals surface area (Å²) in [4.78, 5) is 173. The number of hydrogen-bond acceptors (Lipinski definition) is 18. The highest BCUT2D eigenvalue weighted by molar-refractivity contribution is 7.80. The second-order valence-electron chi connectivity index (χ2n) is 22.1. The minimum Gasteiger partial charge on any atom is -0.508 e. The van der Waals surface area contributed by atoms with Gasteiger partial charge in [0, 0.05) is 25.3 Å². The first-order chi connectivity index (χ1) is 42.1. The van der Waals surface area contributed by atoms with E-state index in [1.807, 2.05) is 20.8 Å². The van der Waals surface area contributed by atoms with Gasteiger partial charge in [0.1, 0.15) is 54.1 Å². The Labute approximate surface area is 523 Å². The lowest BCUT2D eigenvalue weighted by molar-refractivity contribution is -0.141. The standard InChI is InChI=1S/C56H93N17O15S/c1-6-7-12-37(52(84)71-40(30-89)55(87)88)67-43(76)27-64-51(83)39(24-33-16-18-34(74)19-17-33)68-44(77)28-62-48(80)35(13-8-9-20-57)66-42(75)26-63-49(81)36(14-10-21-61-56(59)60)69-54(86)47(32(4)5)72-45(78)29-65-50(82)38(23-31(2)3)70-53(85)41-15-11-22-73(41)46(79)25-58/h16-19,31-32,35-41,47,74,89H,6-15,20-30,57-58H2,1-5H3,(H,62,80)(H,63,81)(H,64,83)(H,65,82)(H,66,75)(H,67,76)(H,68,77)(H,69,86)(H,70,85)(H,71,84)(H,72,78)(H,87,88)(H4,59,60,61)/t35-,36-,37-,38-,39-,40-,41-,47-/m0/s1. The number of guanidine groups is 1. The van der Waals surface area contributed by atoms with Crippen molar-refractivity contribution >= 4 is 95.4 Å². The Bertz CT molecular complexity index is 2580. The second kappa shape index (κ2) is 41.0. The number of nitrogens with two attached hydrogens (primary N) is 3. The van der Waals surface area contributed by atoms with Gasteiger partial charge in [-0.2, -0.15) is 12.6 Å². The first-order valence-corrected chi connectivity index (χ1v) is 30.4. The first-order valence-electron chi connectivity index (χ1n) is 29.7. The topological polar surface area (TPSA) is 512 Å². The fourth-order valence-corrected chi connectivity index (χ4v) is 9.36. The molecular weight excluding hydrogens is 1180 g/mol. The number of aromatic hydroxyl groups is 1. The van der Waals surface area contributed by atoms with Crippen molar-refractivity contribution in [1.82, 2.24) is 68.7 Å². The lowest BCUT2D eigenvalue weighted by Gasteiger charge is -2.27. The van der Waals surface area contributed by atoms with Crippen LogP contribution >= 0.6 is 12.6 Å². The molecule has 0 unspecified atom stereocenters. The molecule has 1 fully saturated rings. The smallest absolute Gasteiger partial charge is 0.327 e. The van der Waals surface area contributed by atoms with E-state index in [0.717, 1.165) is 0 Å². The Morgan fingerprint density at radius 1 is 0.607 bits per heavy atom. The van der Waals surface area contributed by atoms with Crippen LogP contribution in [0.3, 0.4) is 0 Å². The zero-order chi connectivity index (χ0) is 66.8. The predicted molar refractivity (Wildman–Crippen MR) is 329 cm³/mol. The normalized spacial score (nSPS) is 15.0. The number of likely N-dealkylation sites (tertiary alicyclic amines) is 1. The quantitative estimate of drug-likeness (QED) is 0.0126. The van der Waals surface area contributed by atoms with E-state index in [4.69, 9.17) is 22.6 Å². The zero-order valence-corrected chi connectivity index (χ0v) is 52.2. The van der Waals surface area contributed by atoms with Crippen LogP contribution in [-0.2, 0) is 68.7 Å². The zero-order valence-electron chi connectivity index (χ0n) is 51.3. The number of phenols is 1. The molecule has 0 aliphatic carbocycles. The molecule has 1 heterocycles. The molecule has 1 aromatic rings. The van der Waals surface area contributed by atoms with Gasteiger partial charge in [0.25, 0.3) is 0 Å². The van der Waals surface area contributed by atoms with Gasteiger partial charge in [-0.3, -0.25) is 62.9 Å². The first kappa shape index (κ1) is 76.8. The van der Waals surface area contributed by atoms with Crippen molar-refractivity contribution in [2.75, 3.05) is 58.1 Å². The number of thiol groups is 1. The van der Waals surface area contributed by atoms with Crippen LogP contribution in [0.2, 0.25) is 0 Å². The number of benzene rings is 1. The predicted octanol–water partition coefficient (Wildman–Crippen LogP) is -4.96. The summed E-state index contributed by atoms with van der Waals surface area (Å²) >= 11 is 3.95. The molecule has 8 atom stereocenters. The SMILES string of the molecule is CCCC[C@H](NC(=O)CNC(=O)[C@H](Cc1ccc(O)cc1)NC(=O)CNC(=O)[C@H](CCCCN)NC(=O)CNC(=O)[C@H](CCCNC(=N)N)NC(=O)[C@@H](NC(=O)CNC(=O)[C@H](CC(C)C)NC(=O)[C@@H]1CCCN1C(=O)CN)C(C)C)C(=O)N[C@@H](CS)C(=O)O. The van der Waals surface area contributed by atoms with Crippen molar-refractivity contribution in [2.24, 2.45) is 29.0 Å². The van der Waals surface area contributed by atoms with Crippen molar-refractivity contribution in [3.8, 4) is 5.75 Å². The summed E-state index contributed by atoms with van der Waals surface area (Å²) in [7, 11) is 0. The van der Waals surface area contributed by atoms with Crippen LogP contribution in [0.4, 0.5) is 0 Å². The van der Waals surface area contributed by atoms with Gasteiger partial charge < -0.3 is 96.1 Å². The number of amides is 12. The Hall–Kier alpha value is -8.33. The number of phenolic OH excluding ortho intramolecular Hbond substituents is 1. The van der Waals surface area contributed by atoms with Gasteiger partial charge >= 0.3 is 5.97 Å². The molecule has 2 rings (SSSR count). The molecule has 33 heteroatoms. The van der Waals surface area contributed by atoms with Crippen LogP contribution in [-0.4, -0.2) is 204 Å². The molecule has 89 heavy (non-hydrogen) atoms. The largest absolute Gasteiger partial charge is 0.508 e. The number of carbonyl (C=O) groups excluding carboxylic acids is 12. The van der Waals surface area contributed by atoms with E-state index in [9.17, 15) is 72.5 Å². The number of unbranched alkanes of at least 4 members (excludes halogenated alkanes) is 2. The summed E-state index contributed by atoms with van der Waals surface area (Å²) in [6, 6.07) is -3.95. The molecule has 21 N–H and O–H groups in total. The molecule has 0 saturated carbocycles. The molecule has 0 spiro atoms. The molecule has 1 saturated heterocycles. The maximum Gasteiger partial charge on any atom is 0.327 e. The van der Waals surface area contributed by atoms with Gasteiger partial charge in [-0.15, -0.1) is 0 Å². The number of carbonyl (C=O) groups is 13. The van der Waals surface area contributed by atoms with Crippen molar-refractivity contribution < 1.29 is 72.5 Å². The molecule has 1 aliphatic rings. The molecule has 0 bridgehead atoms. The summed E-state index contributed by atoms with van der Waals surface area (Å²) in [5.74, 6) is -11.7. The lowest BCUT2D eigenvalue weighted by atomic mass is 10.0. The number of rotatable bonds is 41. The third-order valence-electron chi connectivity index (χ3n) is 13.9. The van der Waals surface area contributed by atoms with Crippen molar-refractivity contribution in [2.45, 2.75) is 160 Å². The molecule has 32 nitrogen and oxygen atoms in total. The number of hydrogen-bond donors (Lipinski definition) is 19. The van der Waals surface area contributed by atoms with E-state index >= 15 is 0 Å². The van der Waals surface area contributed by atoms with E-state index in [-0.39, 0.29) is 81.5 Å². The van der Waals surface area contributed by atoms with Crippen LogP contribution in [0.25, 0.3) is 0 Å². The summed E-state index contributed by atoms with van der Waals surface area (Å²) in [6.45, 7) is 6.43. The summed E-state index contributed by atoms with van der Waals surface area (Å²) in [6.07, 6.45) is 3.15. The third kappa shape index (κ3) is 29.5. The van der Waals surface area contributed by atoms with Gasteiger partial charge in [-0.25, -0.2) is 4.79 Å². The van der Waals surface area contributed by atoms with Gasteiger partial charge in [0.15, 0.2) is 5.96 Å². The van der Waals surface area contributed by atoms with Gasteiger partial charge in [-0.05, 0) is 93.9 Å². The minimum absolute atomic E-state index is 0.0234. The fraction of sp³-hybridized carbons (Fsp3) is 0.643. The summed E-state index contributed by atoms with van der Waals surface area (Å²) in [5, 5.41) is 56.8. The average molecular weight is 1280 g/mol. The molecular formula is C56H93N17O15S. The maximum absolute atomic E-state index is 13.9. The minimum atomic E-state index is -1.37. The monoisotopic (exact) mass is 1280 g/mol. The molecule has 0 radical (unpaired) electrons. The Morgan fingerprint density at radius 2 is 1.09 bits per heavy atom. The fourth-order valence-electron chi connectivity index (χ4n) is 9.12. The van der Waals surface area contributed by atoms with E-state index in [0.29, 0.717) is 50.6 Å². The van der Waals surface area contributed by atoms with Gasteiger partial charge in [0.2, 0.25) is 70.9 Å². The maximum atomic E-state index is 13.9. The Morgan fingerprint density at radius 3 is 1.58 bits per heavy atom. The molecule has 1 aromatic carbocycles. The van der Waals surface area contributed by atoms with Crippen molar-refractivity contribution in [1.29, 1.82) is 5.41 Å². The van der Waals surface area contributed by atoms with E-state index in [1.54, 1.807) is 13.8 Å². The van der Waals surface area contributed by atoms with Crippen molar-refractivity contribution in [3.05, 3.63) is 29.8 Å². The van der Waals surface area contributed by atoms with E-state index in [1.165, 1.54) is 29.2 Å². The highest BCUT2D eigenvalue weighted by Gasteiger charge is 2.36. The van der Waals surface area contributed by atoms with Gasteiger partial charge in [0.05, 0.1) is 32.7 Å². The van der Waals surface area contributed by atoms with E-state index < -0.39 is 157 Å². The summed E-state index contributed by atoms with van der Waals surface area (Å²) in [5.41, 5.74) is 17.1. The summed E-state index contributed by atoms with van der Waals surface area (Å²) < 4.78 is 0.